The summed E-state index contributed by atoms with van der Waals surface area (Å²) in [5.74, 6) is 0.0397. The van der Waals surface area contributed by atoms with Gasteiger partial charge in [-0.1, -0.05) is 36.4 Å². The quantitative estimate of drug-likeness (QED) is 0.659. The first-order valence-electron chi connectivity index (χ1n) is 10.7. The number of nitrogens with one attached hydrogen (secondary N) is 2. The Kier molecular flexibility index (Phi) is 6.45. The predicted octanol–water partition coefficient (Wildman–Crippen LogP) is 2.96. The van der Waals surface area contributed by atoms with E-state index in [1.807, 2.05) is 30.3 Å². The van der Waals surface area contributed by atoms with E-state index in [4.69, 9.17) is 0 Å². The third kappa shape index (κ3) is 5.46. The molecule has 1 saturated carbocycles. The van der Waals surface area contributed by atoms with E-state index in [1.165, 1.54) is 0 Å². The first-order chi connectivity index (χ1) is 14.6. The van der Waals surface area contributed by atoms with Gasteiger partial charge in [0.2, 0.25) is 5.91 Å². The second kappa shape index (κ2) is 9.41. The zero-order chi connectivity index (χ0) is 20.9. The van der Waals surface area contributed by atoms with Crippen LogP contribution in [-0.4, -0.2) is 47.5 Å². The van der Waals surface area contributed by atoms with Crippen molar-refractivity contribution in [3.63, 3.8) is 0 Å². The summed E-state index contributed by atoms with van der Waals surface area (Å²) in [6, 6.07) is 17.1. The zero-order valence-electron chi connectivity index (χ0n) is 17.1. The summed E-state index contributed by atoms with van der Waals surface area (Å²) in [7, 11) is 0. The molecule has 6 nitrogen and oxygen atoms in total. The summed E-state index contributed by atoms with van der Waals surface area (Å²) >= 11 is 0. The topological polar surface area (TPSA) is 81.7 Å². The highest BCUT2D eigenvalue weighted by atomic mass is 16.3. The van der Waals surface area contributed by atoms with Gasteiger partial charge in [-0.2, -0.15) is 0 Å². The molecule has 2 aliphatic rings. The van der Waals surface area contributed by atoms with Gasteiger partial charge in [0.25, 0.3) is 5.91 Å². The van der Waals surface area contributed by atoms with Crippen LogP contribution >= 0.6 is 0 Å². The Morgan fingerprint density at radius 1 is 1.00 bits per heavy atom. The highest BCUT2D eigenvalue weighted by Crippen LogP contribution is 2.30. The summed E-state index contributed by atoms with van der Waals surface area (Å²) in [5.41, 5.74) is 2.16. The molecular weight excluding hydrogens is 378 g/mol. The number of likely N-dealkylation sites (tertiary alicyclic amines) is 1. The molecule has 2 aromatic rings. The van der Waals surface area contributed by atoms with Gasteiger partial charge in [-0.3, -0.25) is 14.5 Å². The molecule has 1 heterocycles. The smallest absolute Gasteiger partial charge is 0.251 e. The maximum Gasteiger partial charge on any atom is 0.251 e. The molecule has 6 heteroatoms. The molecule has 0 spiro atoms. The Labute approximate surface area is 177 Å². The van der Waals surface area contributed by atoms with Crippen molar-refractivity contribution in [2.45, 2.75) is 37.8 Å². The van der Waals surface area contributed by atoms with Crippen molar-refractivity contribution in [3.8, 4) is 0 Å². The van der Waals surface area contributed by atoms with Crippen LogP contribution in [0.5, 0.6) is 0 Å². The predicted molar refractivity (Wildman–Crippen MR) is 116 cm³/mol. The van der Waals surface area contributed by atoms with E-state index in [0.717, 1.165) is 44.3 Å². The number of benzene rings is 2. The van der Waals surface area contributed by atoms with E-state index in [9.17, 15) is 14.7 Å². The van der Waals surface area contributed by atoms with Crippen LogP contribution in [-0.2, 0) is 4.79 Å². The molecule has 0 aromatic heterocycles. The lowest BCUT2D eigenvalue weighted by atomic mass is 9.87. The van der Waals surface area contributed by atoms with Crippen LogP contribution < -0.4 is 10.6 Å². The van der Waals surface area contributed by atoms with Crippen molar-refractivity contribution in [2.75, 3.05) is 25.0 Å². The molecule has 1 aliphatic heterocycles. The van der Waals surface area contributed by atoms with Crippen LogP contribution in [0.1, 0.15) is 47.7 Å². The van der Waals surface area contributed by atoms with Crippen molar-refractivity contribution in [2.24, 2.45) is 5.92 Å². The summed E-state index contributed by atoms with van der Waals surface area (Å²) < 4.78 is 0. The van der Waals surface area contributed by atoms with Crippen LogP contribution in [0.3, 0.4) is 0 Å². The Hall–Kier alpha value is -2.70. The Morgan fingerprint density at radius 3 is 2.43 bits per heavy atom. The molecule has 0 bridgehead atoms. The Morgan fingerprint density at radius 2 is 1.73 bits per heavy atom. The fourth-order valence-electron chi connectivity index (χ4n) is 3.99. The van der Waals surface area contributed by atoms with Gasteiger partial charge in [-0.15, -0.1) is 0 Å². The number of carbonyl (C=O) groups is 2. The van der Waals surface area contributed by atoms with Gasteiger partial charge in [-0.05, 0) is 68.5 Å². The lowest BCUT2D eigenvalue weighted by molar-refractivity contribution is -0.117. The first-order valence-corrected chi connectivity index (χ1v) is 10.7. The van der Waals surface area contributed by atoms with E-state index in [0.29, 0.717) is 23.8 Å². The second-order valence-electron chi connectivity index (χ2n) is 8.35. The van der Waals surface area contributed by atoms with Crippen LogP contribution in [0.4, 0.5) is 5.69 Å². The molecule has 1 saturated heterocycles. The molecule has 158 valence electrons. The van der Waals surface area contributed by atoms with Gasteiger partial charge < -0.3 is 15.7 Å². The van der Waals surface area contributed by atoms with Crippen LogP contribution in [0.15, 0.2) is 54.6 Å². The summed E-state index contributed by atoms with van der Waals surface area (Å²) in [6.07, 6.45) is 3.36. The fraction of sp³-hybridized carbons (Fsp3) is 0.417. The maximum absolute atomic E-state index is 12.5. The number of nitrogens with zero attached hydrogens (tertiary/aromatic N) is 1. The van der Waals surface area contributed by atoms with Crippen molar-refractivity contribution >= 4 is 17.5 Å². The SMILES string of the molecule is O=C(CN1CCC(C(O)c2ccccc2)CC1)Nc1cccc(C(=O)NC2CC2)c1. The molecule has 1 unspecified atom stereocenters. The number of carbonyl (C=O) groups excluding carboxylic acids is 2. The van der Waals surface area contributed by atoms with Crippen LogP contribution in [0, 0.1) is 5.92 Å². The lowest BCUT2D eigenvalue weighted by Gasteiger charge is -2.34. The molecule has 2 aromatic carbocycles. The van der Waals surface area contributed by atoms with E-state index < -0.39 is 6.10 Å². The van der Waals surface area contributed by atoms with Gasteiger partial charge in [-0.25, -0.2) is 0 Å². The molecular formula is C24H29N3O3. The van der Waals surface area contributed by atoms with E-state index in [1.54, 1.807) is 24.3 Å². The third-order valence-corrected chi connectivity index (χ3v) is 5.91. The third-order valence-electron chi connectivity index (χ3n) is 5.91. The number of hydrogen-bond acceptors (Lipinski definition) is 4. The standard InChI is InChI=1S/C24H29N3O3/c28-22(25-21-8-4-7-19(15-21)24(30)26-20-9-10-20)16-27-13-11-18(12-14-27)23(29)17-5-2-1-3-6-17/h1-8,15,18,20,23,29H,9-14,16H2,(H,25,28)(H,26,30). The summed E-state index contributed by atoms with van der Waals surface area (Å²) in [4.78, 5) is 26.8. The average Bonchev–Trinajstić information content (AvgIpc) is 3.58. The number of piperidine rings is 1. The number of aliphatic hydroxyl groups is 1. The van der Waals surface area contributed by atoms with Crippen molar-refractivity contribution in [1.82, 2.24) is 10.2 Å². The van der Waals surface area contributed by atoms with E-state index >= 15 is 0 Å². The van der Waals surface area contributed by atoms with Gasteiger partial charge in [0.05, 0.1) is 12.6 Å². The molecule has 1 aliphatic carbocycles. The minimum absolute atomic E-state index is 0.0863. The largest absolute Gasteiger partial charge is 0.388 e. The van der Waals surface area contributed by atoms with E-state index in [2.05, 4.69) is 15.5 Å². The van der Waals surface area contributed by atoms with Gasteiger partial charge >= 0.3 is 0 Å². The number of aliphatic hydroxyl groups excluding tert-OH is 1. The Balaban J connectivity index is 1.24. The highest BCUT2D eigenvalue weighted by molar-refractivity contribution is 5.97. The van der Waals surface area contributed by atoms with Gasteiger partial charge in [0, 0.05) is 17.3 Å². The molecule has 4 rings (SSSR count). The monoisotopic (exact) mass is 407 g/mol. The van der Waals surface area contributed by atoms with Gasteiger partial charge in [0.1, 0.15) is 0 Å². The van der Waals surface area contributed by atoms with E-state index in [-0.39, 0.29) is 17.7 Å². The fourth-order valence-corrected chi connectivity index (χ4v) is 3.99. The number of anilines is 1. The van der Waals surface area contributed by atoms with Crippen molar-refractivity contribution < 1.29 is 14.7 Å². The summed E-state index contributed by atoms with van der Waals surface area (Å²) in [5, 5.41) is 16.5. The highest BCUT2D eigenvalue weighted by Gasteiger charge is 2.27. The molecule has 3 N–H and O–H groups in total. The minimum atomic E-state index is -0.452. The number of hydrogen-bond donors (Lipinski definition) is 3. The molecule has 1 atom stereocenters. The van der Waals surface area contributed by atoms with Crippen molar-refractivity contribution in [1.29, 1.82) is 0 Å². The lowest BCUT2D eigenvalue weighted by Crippen LogP contribution is -2.40. The Bertz CT molecular complexity index is 874. The zero-order valence-corrected chi connectivity index (χ0v) is 17.1. The number of amides is 2. The first kappa shape index (κ1) is 20.6. The van der Waals surface area contributed by atoms with Crippen LogP contribution in [0.2, 0.25) is 0 Å². The van der Waals surface area contributed by atoms with Crippen LogP contribution in [0.25, 0.3) is 0 Å². The normalized spacial score (nSPS) is 18.6. The maximum atomic E-state index is 12.5. The minimum Gasteiger partial charge on any atom is -0.388 e. The second-order valence-corrected chi connectivity index (χ2v) is 8.35. The van der Waals surface area contributed by atoms with Crippen molar-refractivity contribution in [3.05, 3.63) is 65.7 Å². The average molecular weight is 408 g/mol. The number of rotatable bonds is 7. The molecule has 2 amide bonds. The molecule has 2 fully saturated rings. The molecule has 0 radical (unpaired) electrons. The molecule has 30 heavy (non-hydrogen) atoms. The van der Waals surface area contributed by atoms with Gasteiger partial charge in [0.15, 0.2) is 0 Å². The summed E-state index contributed by atoms with van der Waals surface area (Å²) in [6.45, 7) is 1.88.